The predicted octanol–water partition coefficient (Wildman–Crippen LogP) is 4.30. The van der Waals surface area contributed by atoms with Crippen molar-refractivity contribution in [1.82, 2.24) is 19.7 Å². The lowest BCUT2D eigenvalue weighted by molar-refractivity contribution is -0.113. The van der Waals surface area contributed by atoms with Crippen LogP contribution >= 0.6 is 35.0 Å². The molecular formula is C16H15Cl2N5O2S. The Morgan fingerprint density at radius 2 is 2.15 bits per heavy atom. The van der Waals surface area contributed by atoms with E-state index in [-0.39, 0.29) is 22.5 Å². The monoisotopic (exact) mass is 411 g/mol. The summed E-state index contributed by atoms with van der Waals surface area (Å²) in [7, 11) is 0. The van der Waals surface area contributed by atoms with Crippen LogP contribution < -0.4 is 5.32 Å². The Morgan fingerprint density at radius 1 is 1.35 bits per heavy atom. The first-order valence-electron chi connectivity index (χ1n) is 7.72. The van der Waals surface area contributed by atoms with Crippen LogP contribution in [0.15, 0.2) is 34.0 Å². The van der Waals surface area contributed by atoms with Gasteiger partial charge >= 0.3 is 0 Å². The van der Waals surface area contributed by atoms with Crippen molar-refractivity contribution in [3.8, 4) is 11.6 Å². The Labute approximate surface area is 164 Å². The number of nitrogens with one attached hydrogen (secondary N) is 1. The zero-order valence-electron chi connectivity index (χ0n) is 14.0. The van der Waals surface area contributed by atoms with Crippen molar-refractivity contribution in [2.24, 2.45) is 0 Å². The zero-order valence-corrected chi connectivity index (χ0v) is 16.3. The summed E-state index contributed by atoms with van der Waals surface area (Å²) in [6.07, 6.45) is 1.58. The molecule has 0 unspecified atom stereocenters. The van der Waals surface area contributed by atoms with E-state index in [1.54, 1.807) is 25.3 Å². The molecule has 0 aliphatic heterocycles. The summed E-state index contributed by atoms with van der Waals surface area (Å²) in [6, 6.07) is 5.15. The number of nitrogens with zero attached hydrogens (tertiary/aromatic N) is 4. The number of thioether (sulfide) groups is 1. The highest BCUT2D eigenvalue weighted by Crippen LogP contribution is 2.27. The molecule has 7 nitrogen and oxygen atoms in total. The Kier molecular flexibility index (Phi) is 5.85. The molecule has 0 aliphatic carbocycles. The average Bonchev–Trinajstić information content (AvgIpc) is 3.26. The van der Waals surface area contributed by atoms with E-state index >= 15 is 0 Å². The van der Waals surface area contributed by atoms with Crippen molar-refractivity contribution in [3.63, 3.8) is 0 Å². The predicted molar refractivity (Wildman–Crippen MR) is 102 cm³/mol. The average molecular weight is 412 g/mol. The van der Waals surface area contributed by atoms with Gasteiger partial charge in [0.2, 0.25) is 5.91 Å². The minimum Gasteiger partial charge on any atom is -0.461 e. The molecular weight excluding hydrogens is 397 g/mol. The first-order chi connectivity index (χ1) is 12.5. The summed E-state index contributed by atoms with van der Waals surface area (Å²) in [5.74, 6) is 1.42. The number of aryl methyl sites for hydroxylation is 1. The van der Waals surface area contributed by atoms with Crippen molar-refractivity contribution in [2.75, 3.05) is 11.1 Å². The number of pyridine rings is 1. The van der Waals surface area contributed by atoms with Crippen LogP contribution in [-0.2, 0) is 11.3 Å². The van der Waals surface area contributed by atoms with E-state index in [1.165, 1.54) is 11.8 Å². The van der Waals surface area contributed by atoms with Gasteiger partial charge in [0.25, 0.3) is 0 Å². The molecule has 0 aliphatic rings. The molecule has 0 saturated heterocycles. The van der Waals surface area contributed by atoms with Crippen molar-refractivity contribution < 1.29 is 9.21 Å². The van der Waals surface area contributed by atoms with Gasteiger partial charge in [-0.05, 0) is 32.0 Å². The van der Waals surface area contributed by atoms with Gasteiger partial charge < -0.3 is 9.73 Å². The van der Waals surface area contributed by atoms with Crippen LogP contribution in [0.4, 0.5) is 5.82 Å². The molecule has 0 aromatic carbocycles. The van der Waals surface area contributed by atoms with E-state index in [9.17, 15) is 4.79 Å². The number of anilines is 1. The summed E-state index contributed by atoms with van der Waals surface area (Å²) in [4.78, 5) is 16.4. The maximum Gasteiger partial charge on any atom is 0.236 e. The molecule has 1 N–H and O–H groups in total. The van der Waals surface area contributed by atoms with E-state index in [0.29, 0.717) is 34.0 Å². The quantitative estimate of drug-likeness (QED) is 0.608. The number of rotatable bonds is 6. The number of halogens is 2. The third-order valence-corrected chi connectivity index (χ3v) is 5.11. The van der Waals surface area contributed by atoms with E-state index in [4.69, 9.17) is 27.6 Å². The Bertz CT molecular complexity index is 927. The number of furan rings is 1. The molecule has 1 amide bonds. The van der Waals surface area contributed by atoms with Gasteiger partial charge in [0, 0.05) is 6.54 Å². The van der Waals surface area contributed by atoms with Crippen molar-refractivity contribution in [1.29, 1.82) is 0 Å². The van der Waals surface area contributed by atoms with Gasteiger partial charge in [-0.15, -0.1) is 10.2 Å². The van der Waals surface area contributed by atoms with Gasteiger partial charge in [0.15, 0.2) is 22.6 Å². The SMILES string of the molecule is CCn1c(SCC(=O)Nc2nc(C)c(Cl)cc2Cl)nnc1-c1ccco1. The molecule has 0 fully saturated rings. The van der Waals surface area contributed by atoms with Crippen LogP contribution in [0.5, 0.6) is 0 Å². The molecule has 3 aromatic rings. The van der Waals surface area contributed by atoms with Crippen LogP contribution in [0, 0.1) is 6.92 Å². The van der Waals surface area contributed by atoms with E-state index in [0.717, 1.165) is 0 Å². The standard InChI is InChI=1S/C16H15Cl2N5O2S/c1-3-23-15(12-5-4-6-25-12)21-22-16(23)26-8-13(24)20-14-11(18)7-10(17)9(2)19-14/h4-7H,3,8H2,1-2H3,(H,19,20,24). The second kappa shape index (κ2) is 8.11. The molecule has 136 valence electrons. The summed E-state index contributed by atoms with van der Waals surface area (Å²) < 4.78 is 7.25. The molecule has 26 heavy (non-hydrogen) atoms. The topological polar surface area (TPSA) is 85.8 Å². The fourth-order valence-corrected chi connectivity index (χ4v) is 3.42. The Hall–Kier alpha value is -2.03. The maximum absolute atomic E-state index is 12.2. The molecule has 0 radical (unpaired) electrons. The number of hydrogen-bond donors (Lipinski definition) is 1. The number of aromatic nitrogens is 4. The fourth-order valence-electron chi connectivity index (χ4n) is 2.21. The van der Waals surface area contributed by atoms with Crippen molar-refractivity contribution in [3.05, 3.63) is 40.2 Å². The molecule has 0 saturated carbocycles. The van der Waals surface area contributed by atoms with Crippen molar-refractivity contribution in [2.45, 2.75) is 25.5 Å². The van der Waals surface area contributed by atoms with Gasteiger partial charge in [-0.3, -0.25) is 9.36 Å². The number of carbonyl (C=O) groups excluding carboxylic acids is 1. The van der Waals surface area contributed by atoms with Crippen LogP contribution in [0.25, 0.3) is 11.6 Å². The first kappa shape index (κ1) is 18.8. The summed E-state index contributed by atoms with van der Waals surface area (Å²) in [6.45, 7) is 4.36. The highest BCUT2D eigenvalue weighted by Gasteiger charge is 2.17. The third-order valence-electron chi connectivity index (χ3n) is 3.47. The third kappa shape index (κ3) is 4.03. The van der Waals surface area contributed by atoms with E-state index in [2.05, 4.69) is 20.5 Å². The highest BCUT2D eigenvalue weighted by atomic mass is 35.5. The van der Waals surface area contributed by atoms with Gasteiger partial charge in [0.05, 0.1) is 27.8 Å². The van der Waals surface area contributed by atoms with Gasteiger partial charge in [-0.25, -0.2) is 4.98 Å². The largest absolute Gasteiger partial charge is 0.461 e. The smallest absolute Gasteiger partial charge is 0.236 e. The Morgan fingerprint density at radius 3 is 2.85 bits per heavy atom. The molecule has 10 heteroatoms. The van der Waals surface area contributed by atoms with Crippen LogP contribution in [-0.4, -0.2) is 31.4 Å². The maximum atomic E-state index is 12.2. The molecule has 3 heterocycles. The molecule has 0 atom stereocenters. The van der Waals surface area contributed by atoms with Crippen molar-refractivity contribution >= 4 is 46.7 Å². The van der Waals surface area contributed by atoms with Crippen LogP contribution in [0.2, 0.25) is 10.0 Å². The van der Waals surface area contributed by atoms with E-state index in [1.807, 2.05) is 17.6 Å². The van der Waals surface area contributed by atoms with Gasteiger partial charge in [0.1, 0.15) is 0 Å². The minimum absolute atomic E-state index is 0.135. The summed E-state index contributed by atoms with van der Waals surface area (Å²) in [5, 5.41) is 12.3. The van der Waals surface area contributed by atoms with Gasteiger partial charge in [-0.1, -0.05) is 35.0 Å². The number of hydrogen-bond acceptors (Lipinski definition) is 6. The molecule has 3 aromatic heterocycles. The second-order valence-corrected chi connectivity index (χ2v) is 7.01. The summed E-state index contributed by atoms with van der Waals surface area (Å²) >= 11 is 13.3. The second-order valence-electron chi connectivity index (χ2n) is 5.25. The van der Waals surface area contributed by atoms with Crippen LogP contribution in [0.3, 0.4) is 0 Å². The molecule has 3 rings (SSSR count). The molecule has 0 bridgehead atoms. The van der Waals surface area contributed by atoms with E-state index < -0.39 is 0 Å². The first-order valence-corrected chi connectivity index (χ1v) is 9.46. The number of carbonyl (C=O) groups is 1. The zero-order chi connectivity index (χ0) is 18.7. The lowest BCUT2D eigenvalue weighted by Crippen LogP contribution is -2.16. The minimum atomic E-state index is -0.253. The van der Waals surface area contributed by atoms with Gasteiger partial charge in [-0.2, -0.15) is 0 Å². The normalized spacial score (nSPS) is 10.9. The Balaban J connectivity index is 1.68. The van der Waals surface area contributed by atoms with Crippen LogP contribution in [0.1, 0.15) is 12.6 Å². The lowest BCUT2D eigenvalue weighted by Gasteiger charge is -2.09. The fraction of sp³-hybridized carbons (Fsp3) is 0.250. The summed E-state index contributed by atoms with van der Waals surface area (Å²) in [5.41, 5.74) is 0.591. The molecule has 0 spiro atoms. The lowest BCUT2D eigenvalue weighted by atomic mass is 10.3. The number of amides is 1. The highest BCUT2D eigenvalue weighted by molar-refractivity contribution is 7.99.